The molecule has 0 saturated carbocycles. The van der Waals surface area contributed by atoms with Crippen molar-refractivity contribution in [3.05, 3.63) is 142 Å². The monoisotopic (exact) mass is 897 g/mol. The molecule has 2 saturated heterocycles. The van der Waals surface area contributed by atoms with Gasteiger partial charge >= 0.3 is 14.2 Å². The molecule has 2 fully saturated rings. The van der Waals surface area contributed by atoms with Crippen molar-refractivity contribution in [1.82, 2.24) is 0 Å². The minimum absolute atomic E-state index is 0.0133. The van der Waals surface area contributed by atoms with Crippen molar-refractivity contribution in [2.75, 3.05) is 0 Å². The van der Waals surface area contributed by atoms with Crippen molar-refractivity contribution in [3.8, 4) is 22.3 Å². The molecule has 5 aromatic carbocycles. The summed E-state index contributed by atoms with van der Waals surface area (Å²) in [7, 11) is -0.911. The Balaban J connectivity index is 1.30. The van der Waals surface area contributed by atoms with Gasteiger partial charge in [0.1, 0.15) is 0 Å². The summed E-state index contributed by atoms with van der Waals surface area (Å²) in [5.74, 6) is 0. The molecule has 1 unspecified atom stereocenters. The Kier molecular flexibility index (Phi) is 11.7. The van der Waals surface area contributed by atoms with Gasteiger partial charge in [0.15, 0.2) is 0 Å². The molecule has 2 aliphatic carbocycles. The summed E-state index contributed by atoms with van der Waals surface area (Å²) in [6.45, 7) is 35.8. The fraction of sp³-hybridized carbons (Fsp3) is 0.508. The van der Waals surface area contributed by atoms with Crippen molar-refractivity contribution in [1.29, 1.82) is 0 Å². The zero-order chi connectivity index (χ0) is 48.3. The van der Waals surface area contributed by atoms with Crippen molar-refractivity contribution in [3.63, 3.8) is 0 Å². The van der Waals surface area contributed by atoms with Gasteiger partial charge in [-0.1, -0.05) is 179 Å². The van der Waals surface area contributed by atoms with Gasteiger partial charge in [0, 0.05) is 5.41 Å². The van der Waals surface area contributed by atoms with Crippen LogP contribution in [0.25, 0.3) is 22.3 Å². The molecule has 4 nitrogen and oxygen atoms in total. The molecule has 4 aliphatic rings. The van der Waals surface area contributed by atoms with E-state index in [0.29, 0.717) is 0 Å². The highest BCUT2D eigenvalue weighted by atomic mass is 16.7. The zero-order valence-electron chi connectivity index (χ0n) is 44.0. The predicted octanol–water partition coefficient (Wildman–Crippen LogP) is 14.3. The summed E-state index contributed by atoms with van der Waals surface area (Å²) >= 11 is 0. The topological polar surface area (TPSA) is 36.9 Å². The Morgan fingerprint density at radius 2 is 0.761 bits per heavy atom. The lowest BCUT2D eigenvalue weighted by atomic mass is 9.65. The molecule has 0 spiro atoms. The lowest BCUT2D eigenvalue weighted by molar-refractivity contribution is 0.00578. The van der Waals surface area contributed by atoms with E-state index < -0.39 is 42.1 Å². The second kappa shape index (κ2) is 16.3. The second-order valence-corrected chi connectivity index (χ2v) is 25.0. The van der Waals surface area contributed by atoms with E-state index in [4.69, 9.17) is 18.6 Å². The van der Waals surface area contributed by atoms with E-state index >= 15 is 0 Å². The van der Waals surface area contributed by atoms with Crippen molar-refractivity contribution >= 4 is 25.2 Å². The maximum absolute atomic E-state index is 6.80. The third-order valence-corrected chi connectivity index (χ3v) is 17.3. The van der Waals surface area contributed by atoms with E-state index in [2.05, 4.69) is 208 Å². The third kappa shape index (κ3) is 7.84. The molecule has 2 aliphatic heterocycles. The highest BCUT2D eigenvalue weighted by Crippen LogP contribution is 2.61. The predicted molar refractivity (Wildman–Crippen MR) is 282 cm³/mol. The fourth-order valence-electron chi connectivity index (χ4n) is 11.5. The van der Waals surface area contributed by atoms with Crippen LogP contribution in [0.2, 0.25) is 0 Å². The minimum Gasteiger partial charge on any atom is -0.399 e. The largest absolute Gasteiger partial charge is 0.494 e. The molecule has 6 heteroatoms. The van der Waals surface area contributed by atoms with Crippen molar-refractivity contribution in [2.45, 2.75) is 200 Å². The van der Waals surface area contributed by atoms with Crippen LogP contribution in [0, 0.1) is 0 Å². The molecule has 0 amide bonds. The van der Waals surface area contributed by atoms with Crippen molar-refractivity contribution in [2.24, 2.45) is 0 Å². The first-order valence-electron chi connectivity index (χ1n) is 25.7. The summed E-state index contributed by atoms with van der Waals surface area (Å²) in [5.41, 5.74) is 15.4. The molecule has 0 bridgehead atoms. The van der Waals surface area contributed by atoms with Gasteiger partial charge < -0.3 is 18.6 Å². The molecule has 0 radical (unpaired) electrons. The highest BCUT2D eigenvalue weighted by Gasteiger charge is 2.55. The fourth-order valence-corrected chi connectivity index (χ4v) is 11.5. The van der Waals surface area contributed by atoms with E-state index in [1.54, 1.807) is 0 Å². The van der Waals surface area contributed by atoms with Crippen LogP contribution in [-0.2, 0) is 40.3 Å². The lowest BCUT2D eigenvalue weighted by Crippen LogP contribution is -2.41. The third-order valence-electron chi connectivity index (χ3n) is 17.3. The van der Waals surface area contributed by atoms with Crippen molar-refractivity contribution < 1.29 is 18.6 Å². The first-order chi connectivity index (χ1) is 31.2. The van der Waals surface area contributed by atoms with Crippen LogP contribution in [0.5, 0.6) is 0 Å². The Hall–Kier alpha value is -3.93. The highest BCUT2D eigenvalue weighted by molar-refractivity contribution is 6.62. The van der Waals surface area contributed by atoms with Gasteiger partial charge in [-0.2, -0.15) is 0 Å². The summed E-state index contributed by atoms with van der Waals surface area (Å²) in [6.07, 6.45) is 8.65. The average molecular weight is 897 g/mol. The minimum atomic E-state index is -0.632. The average Bonchev–Trinajstić information content (AvgIpc) is 3.85. The number of benzene rings is 5. The van der Waals surface area contributed by atoms with E-state index in [1.807, 2.05) is 0 Å². The summed E-state index contributed by atoms with van der Waals surface area (Å²) in [4.78, 5) is 0. The zero-order valence-corrected chi connectivity index (χ0v) is 44.0. The van der Waals surface area contributed by atoms with Crippen LogP contribution in [0.15, 0.2) is 97.1 Å². The van der Waals surface area contributed by atoms with E-state index in [9.17, 15) is 0 Å². The summed E-state index contributed by atoms with van der Waals surface area (Å²) in [5, 5.41) is 0. The van der Waals surface area contributed by atoms with Gasteiger partial charge in [-0.15, -0.1) is 0 Å². The maximum Gasteiger partial charge on any atom is 0.494 e. The van der Waals surface area contributed by atoms with Gasteiger partial charge in [-0.05, 0) is 162 Å². The molecule has 9 rings (SSSR count). The number of rotatable bonds is 11. The maximum atomic E-state index is 6.80. The molecular weight excluding hydrogens is 818 g/mol. The quantitative estimate of drug-likeness (QED) is 0.0959. The molecule has 5 aromatic rings. The number of fused-ring (bicyclic) bond motifs is 6. The Bertz CT molecular complexity index is 2590. The SMILES string of the molecule is CCCCCCCCC1(C)c2cc(B3OC(C)(C)C(C)(C)O3)ccc2-c2cc3c(cc21)-c1ccc(B2OC(C)(C)C(C)(C)O2)cc1C3(c1ccc(C(C)(C)C)cc1)c1ccc(C(C)(C)C)cc1. The Labute approximate surface area is 405 Å². The normalized spacial score (nSPS) is 21.6. The van der Waals surface area contributed by atoms with Gasteiger partial charge in [-0.3, -0.25) is 0 Å². The smallest absolute Gasteiger partial charge is 0.399 e. The Morgan fingerprint density at radius 3 is 1.21 bits per heavy atom. The van der Waals surface area contributed by atoms with Crippen LogP contribution in [0.1, 0.15) is 200 Å². The molecule has 352 valence electrons. The van der Waals surface area contributed by atoms with Crippen LogP contribution in [0.4, 0.5) is 0 Å². The second-order valence-electron chi connectivity index (χ2n) is 25.0. The van der Waals surface area contributed by atoms with Crippen LogP contribution < -0.4 is 10.9 Å². The Morgan fingerprint density at radius 1 is 0.403 bits per heavy atom. The molecule has 0 N–H and O–H groups in total. The first-order valence-corrected chi connectivity index (χ1v) is 25.7. The van der Waals surface area contributed by atoms with E-state index in [1.165, 1.54) is 105 Å². The first kappa shape index (κ1) is 48.1. The molecule has 0 aromatic heterocycles. The molecule has 2 heterocycles. The lowest BCUT2D eigenvalue weighted by Gasteiger charge is -2.36. The molecule has 67 heavy (non-hydrogen) atoms. The van der Waals surface area contributed by atoms with Gasteiger partial charge in [0.25, 0.3) is 0 Å². The standard InChI is InChI=1S/C61H78B2O4/c1-17-18-19-20-21-22-35-60(16)50-36-44(62-64-56(8,9)57(10,11)65-62)31-33-46(50)48-39-53-49(38-51(48)60)47-34-32-45(63-66-58(12,13)59(14,15)67-63)37-52(47)61(53,42-27-23-40(24-28-42)54(2,3)4)43-29-25-41(26-30-43)55(5,6)7/h23-34,36-39H,17-22,35H2,1-16H3. The van der Waals surface area contributed by atoms with Crippen LogP contribution in [0.3, 0.4) is 0 Å². The number of hydrogen-bond donors (Lipinski definition) is 0. The molecule has 1 atom stereocenters. The van der Waals surface area contributed by atoms with Crippen LogP contribution in [-0.4, -0.2) is 36.6 Å². The van der Waals surface area contributed by atoms with E-state index in [-0.39, 0.29) is 16.2 Å². The van der Waals surface area contributed by atoms with Crippen LogP contribution >= 0.6 is 0 Å². The van der Waals surface area contributed by atoms with E-state index in [0.717, 1.165) is 17.3 Å². The number of unbranched alkanes of at least 4 members (excludes halogenated alkanes) is 5. The number of hydrogen-bond acceptors (Lipinski definition) is 4. The van der Waals surface area contributed by atoms with Gasteiger partial charge in [-0.25, -0.2) is 0 Å². The molecular formula is C61H78B2O4. The van der Waals surface area contributed by atoms with Gasteiger partial charge in [0.2, 0.25) is 0 Å². The summed E-state index contributed by atoms with van der Waals surface area (Å²) in [6, 6.07) is 38.5. The van der Waals surface area contributed by atoms with Gasteiger partial charge in [0.05, 0.1) is 27.8 Å². The summed E-state index contributed by atoms with van der Waals surface area (Å²) < 4.78 is 27.0.